The Labute approximate surface area is 97.2 Å². The molecule has 0 bridgehead atoms. The molecule has 0 unspecified atom stereocenters. The minimum Gasteiger partial charge on any atom is -0.376 e. The van der Waals surface area contributed by atoms with E-state index in [2.05, 4.69) is 35.2 Å². The molecule has 1 aliphatic rings. The summed E-state index contributed by atoms with van der Waals surface area (Å²) < 4.78 is 5.65. The summed E-state index contributed by atoms with van der Waals surface area (Å²) in [5.41, 5.74) is 7.00. The summed E-state index contributed by atoms with van der Waals surface area (Å²) in [6.45, 7) is 4.54. The van der Waals surface area contributed by atoms with Crippen LogP contribution in [0.4, 0.5) is 0 Å². The van der Waals surface area contributed by atoms with Crippen LogP contribution in [0.15, 0.2) is 30.3 Å². The van der Waals surface area contributed by atoms with Crippen molar-refractivity contribution < 1.29 is 4.74 Å². The maximum absolute atomic E-state index is 5.65. The summed E-state index contributed by atoms with van der Waals surface area (Å²) in [7, 11) is 0. The highest BCUT2D eigenvalue weighted by Gasteiger charge is 2.15. The Kier molecular flexibility index (Phi) is 4.34. The summed E-state index contributed by atoms with van der Waals surface area (Å²) in [6.07, 6.45) is 1.30. The van der Waals surface area contributed by atoms with E-state index in [1.165, 1.54) is 5.56 Å². The van der Waals surface area contributed by atoms with Crippen LogP contribution in [-0.4, -0.2) is 37.2 Å². The van der Waals surface area contributed by atoms with Gasteiger partial charge in [-0.3, -0.25) is 4.90 Å². The smallest absolute Gasteiger partial charge is 0.0710 e. The van der Waals surface area contributed by atoms with Crippen molar-refractivity contribution in [3.8, 4) is 0 Å². The van der Waals surface area contributed by atoms with Crippen molar-refractivity contribution in [1.29, 1.82) is 0 Å². The molecule has 1 heterocycles. The third kappa shape index (κ3) is 3.30. The Morgan fingerprint density at radius 2 is 2.06 bits per heavy atom. The summed E-state index contributed by atoms with van der Waals surface area (Å²) >= 11 is 0. The maximum Gasteiger partial charge on any atom is 0.0710 e. The molecule has 0 aliphatic carbocycles. The van der Waals surface area contributed by atoms with Crippen molar-refractivity contribution in [2.75, 3.05) is 26.2 Å². The molecule has 2 rings (SSSR count). The van der Waals surface area contributed by atoms with Gasteiger partial charge in [0.2, 0.25) is 0 Å². The first-order chi connectivity index (χ1) is 7.88. The third-order valence-corrected chi connectivity index (χ3v) is 3.04. The van der Waals surface area contributed by atoms with Gasteiger partial charge in [-0.2, -0.15) is 0 Å². The van der Waals surface area contributed by atoms with Gasteiger partial charge in [0.1, 0.15) is 0 Å². The van der Waals surface area contributed by atoms with Crippen LogP contribution in [0.1, 0.15) is 12.0 Å². The number of rotatable bonds is 3. The van der Waals surface area contributed by atoms with Crippen LogP contribution in [0.2, 0.25) is 0 Å². The van der Waals surface area contributed by atoms with E-state index in [0.717, 1.165) is 32.7 Å². The van der Waals surface area contributed by atoms with Crippen molar-refractivity contribution in [1.82, 2.24) is 4.90 Å². The van der Waals surface area contributed by atoms with E-state index >= 15 is 0 Å². The zero-order chi connectivity index (χ0) is 11.2. The number of nitrogens with zero attached hydrogens (tertiary/aromatic N) is 1. The van der Waals surface area contributed by atoms with E-state index < -0.39 is 0 Å². The van der Waals surface area contributed by atoms with Crippen LogP contribution in [-0.2, 0) is 11.3 Å². The van der Waals surface area contributed by atoms with Gasteiger partial charge in [-0.05, 0) is 12.0 Å². The first kappa shape index (κ1) is 11.6. The van der Waals surface area contributed by atoms with Crippen molar-refractivity contribution in [3.63, 3.8) is 0 Å². The molecule has 0 aromatic heterocycles. The summed E-state index contributed by atoms with van der Waals surface area (Å²) in [5.74, 6) is 0. The Hall–Kier alpha value is -0.900. The standard InChI is InChI=1S/C13H20N2O/c14-10-13-6-7-15(8-9-16-13)11-12-4-2-1-3-5-12/h1-5,13H,6-11,14H2/t13-/m0/s1. The molecule has 0 amide bonds. The molecule has 1 saturated heterocycles. The van der Waals surface area contributed by atoms with Gasteiger partial charge in [-0.1, -0.05) is 30.3 Å². The minimum atomic E-state index is 0.251. The van der Waals surface area contributed by atoms with Crippen LogP contribution in [0.3, 0.4) is 0 Å². The van der Waals surface area contributed by atoms with Crippen LogP contribution in [0, 0.1) is 0 Å². The topological polar surface area (TPSA) is 38.5 Å². The molecule has 0 spiro atoms. The average molecular weight is 220 g/mol. The summed E-state index contributed by atoms with van der Waals surface area (Å²) in [5, 5.41) is 0. The van der Waals surface area contributed by atoms with Gasteiger partial charge < -0.3 is 10.5 Å². The number of ether oxygens (including phenoxy) is 1. The Bertz CT molecular complexity index is 302. The summed E-state index contributed by atoms with van der Waals surface area (Å²) in [4.78, 5) is 2.44. The molecule has 2 N–H and O–H groups in total. The lowest BCUT2D eigenvalue weighted by Crippen LogP contribution is -2.26. The van der Waals surface area contributed by atoms with E-state index in [1.807, 2.05) is 0 Å². The van der Waals surface area contributed by atoms with Crippen molar-refractivity contribution >= 4 is 0 Å². The largest absolute Gasteiger partial charge is 0.376 e. The highest BCUT2D eigenvalue weighted by molar-refractivity contribution is 5.14. The second kappa shape index (κ2) is 5.99. The molecule has 3 heteroatoms. The van der Waals surface area contributed by atoms with Gasteiger partial charge in [0, 0.05) is 26.2 Å². The summed E-state index contributed by atoms with van der Waals surface area (Å²) in [6, 6.07) is 10.6. The average Bonchev–Trinajstić information content (AvgIpc) is 2.56. The fraction of sp³-hybridized carbons (Fsp3) is 0.538. The molecule has 1 fully saturated rings. The van der Waals surface area contributed by atoms with E-state index in [1.54, 1.807) is 0 Å². The van der Waals surface area contributed by atoms with E-state index in [4.69, 9.17) is 10.5 Å². The first-order valence-corrected chi connectivity index (χ1v) is 5.96. The number of hydrogen-bond donors (Lipinski definition) is 1. The Morgan fingerprint density at radius 3 is 2.81 bits per heavy atom. The van der Waals surface area contributed by atoms with E-state index in [0.29, 0.717) is 6.54 Å². The maximum atomic E-state index is 5.65. The Balaban J connectivity index is 1.86. The van der Waals surface area contributed by atoms with Crippen LogP contribution in [0.25, 0.3) is 0 Å². The van der Waals surface area contributed by atoms with Gasteiger partial charge in [0.25, 0.3) is 0 Å². The van der Waals surface area contributed by atoms with Crippen molar-refractivity contribution in [3.05, 3.63) is 35.9 Å². The monoisotopic (exact) mass is 220 g/mol. The van der Waals surface area contributed by atoms with Crippen LogP contribution >= 0.6 is 0 Å². The van der Waals surface area contributed by atoms with Crippen molar-refractivity contribution in [2.24, 2.45) is 5.73 Å². The fourth-order valence-electron chi connectivity index (χ4n) is 2.06. The fourth-order valence-corrected chi connectivity index (χ4v) is 2.06. The molecule has 0 radical (unpaired) electrons. The second-order valence-electron chi connectivity index (χ2n) is 4.28. The van der Waals surface area contributed by atoms with Crippen molar-refractivity contribution in [2.45, 2.75) is 19.1 Å². The van der Waals surface area contributed by atoms with E-state index in [-0.39, 0.29) is 6.10 Å². The third-order valence-electron chi connectivity index (χ3n) is 3.04. The van der Waals surface area contributed by atoms with E-state index in [9.17, 15) is 0 Å². The normalized spacial score (nSPS) is 22.9. The SMILES string of the molecule is NC[C@@H]1CCN(Cc2ccccc2)CCO1. The lowest BCUT2D eigenvalue weighted by Gasteiger charge is -2.19. The molecule has 1 aromatic rings. The predicted molar refractivity (Wildman–Crippen MR) is 65.1 cm³/mol. The van der Waals surface area contributed by atoms with Gasteiger partial charge in [-0.25, -0.2) is 0 Å². The molecule has 16 heavy (non-hydrogen) atoms. The molecule has 1 aliphatic heterocycles. The van der Waals surface area contributed by atoms with Gasteiger partial charge in [0.05, 0.1) is 12.7 Å². The number of benzene rings is 1. The molecule has 1 atom stereocenters. The highest BCUT2D eigenvalue weighted by atomic mass is 16.5. The molecule has 0 saturated carbocycles. The van der Waals surface area contributed by atoms with Gasteiger partial charge in [0.15, 0.2) is 0 Å². The van der Waals surface area contributed by atoms with Gasteiger partial charge >= 0.3 is 0 Å². The second-order valence-corrected chi connectivity index (χ2v) is 4.28. The molecular formula is C13H20N2O. The first-order valence-electron chi connectivity index (χ1n) is 5.96. The molecule has 3 nitrogen and oxygen atoms in total. The Morgan fingerprint density at radius 1 is 1.25 bits per heavy atom. The zero-order valence-corrected chi connectivity index (χ0v) is 9.64. The van der Waals surface area contributed by atoms with Crippen LogP contribution in [0.5, 0.6) is 0 Å². The lowest BCUT2D eigenvalue weighted by atomic mass is 10.2. The number of nitrogens with two attached hydrogens (primary N) is 1. The predicted octanol–water partition coefficient (Wildman–Crippen LogP) is 1.24. The van der Waals surface area contributed by atoms with Crippen LogP contribution < -0.4 is 5.73 Å². The lowest BCUT2D eigenvalue weighted by molar-refractivity contribution is 0.0679. The molecule has 1 aromatic carbocycles. The number of hydrogen-bond acceptors (Lipinski definition) is 3. The highest BCUT2D eigenvalue weighted by Crippen LogP contribution is 2.10. The molecule has 88 valence electrons. The zero-order valence-electron chi connectivity index (χ0n) is 9.64. The van der Waals surface area contributed by atoms with Gasteiger partial charge in [-0.15, -0.1) is 0 Å². The quantitative estimate of drug-likeness (QED) is 0.833. The minimum absolute atomic E-state index is 0.251. The molecular weight excluding hydrogens is 200 g/mol.